The highest BCUT2D eigenvalue weighted by Crippen LogP contribution is 2.34. The van der Waals surface area contributed by atoms with Crippen LogP contribution in [0.4, 0.5) is 0 Å². The Morgan fingerprint density at radius 1 is 1.31 bits per heavy atom. The summed E-state index contributed by atoms with van der Waals surface area (Å²) in [6.07, 6.45) is 11.2. The minimum Gasteiger partial charge on any atom is -0.396 e. The molecule has 1 saturated carbocycles. The van der Waals surface area contributed by atoms with E-state index in [-0.39, 0.29) is 5.41 Å². The van der Waals surface area contributed by atoms with Gasteiger partial charge in [-0.2, -0.15) is 0 Å². The number of hydrogen-bond donors (Lipinski definition) is 2. The van der Waals surface area contributed by atoms with Crippen molar-refractivity contribution >= 4 is 0 Å². The molecule has 74 valence electrons. The quantitative estimate of drug-likeness (QED) is 0.504. The molecule has 1 aliphatic rings. The molecule has 0 radical (unpaired) electrons. The zero-order chi connectivity index (χ0) is 9.57. The summed E-state index contributed by atoms with van der Waals surface area (Å²) in [6, 6.07) is 0. The Labute approximate surface area is 80.7 Å². The van der Waals surface area contributed by atoms with E-state index in [0.29, 0.717) is 13.2 Å². The summed E-state index contributed by atoms with van der Waals surface area (Å²) < 4.78 is 0. The highest BCUT2D eigenvalue weighted by atomic mass is 16.3. The first-order chi connectivity index (χ1) is 6.33. The summed E-state index contributed by atoms with van der Waals surface area (Å²) >= 11 is 0. The number of hydrogen-bond acceptors (Lipinski definition) is 2. The third kappa shape index (κ3) is 3.02. The second-order valence-corrected chi connectivity index (χ2v) is 4.03. The number of rotatable bonds is 4. The minimum atomic E-state index is 0.120. The van der Waals surface area contributed by atoms with E-state index in [1.807, 2.05) is 0 Å². The van der Waals surface area contributed by atoms with Gasteiger partial charge in [-0.25, -0.2) is 0 Å². The molecular formula is C11H19NO. The van der Waals surface area contributed by atoms with Gasteiger partial charge in [-0.05, 0) is 12.8 Å². The van der Waals surface area contributed by atoms with Crippen LogP contribution in [0.5, 0.6) is 0 Å². The van der Waals surface area contributed by atoms with Gasteiger partial charge in [0, 0.05) is 18.6 Å². The van der Waals surface area contributed by atoms with Crippen LogP contribution in [0.1, 0.15) is 32.1 Å². The molecule has 2 heteroatoms. The molecule has 0 amide bonds. The standard InChI is InChI=1S/C11H19NO/c1-2-8-12-9-11(10-13)6-4-3-5-7-11/h1,12-13H,3-10H2. The fraction of sp³-hybridized carbons (Fsp3) is 0.818. The molecule has 2 nitrogen and oxygen atoms in total. The third-order valence-electron chi connectivity index (χ3n) is 2.98. The van der Waals surface area contributed by atoms with Crippen molar-refractivity contribution in [1.82, 2.24) is 5.32 Å². The maximum absolute atomic E-state index is 9.35. The van der Waals surface area contributed by atoms with Crippen molar-refractivity contribution in [3.8, 4) is 12.3 Å². The smallest absolute Gasteiger partial charge is 0.0574 e. The van der Waals surface area contributed by atoms with Gasteiger partial charge in [-0.3, -0.25) is 0 Å². The van der Waals surface area contributed by atoms with Crippen molar-refractivity contribution in [3.05, 3.63) is 0 Å². The molecule has 1 rings (SSSR count). The van der Waals surface area contributed by atoms with Crippen LogP contribution in [0.25, 0.3) is 0 Å². The molecule has 0 unspecified atom stereocenters. The molecule has 0 aromatic rings. The Bertz CT molecular complexity index is 177. The molecule has 0 aromatic carbocycles. The predicted molar refractivity (Wildman–Crippen MR) is 54.3 cm³/mol. The van der Waals surface area contributed by atoms with E-state index in [0.717, 1.165) is 19.4 Å². The number of nitrogens with one attached hydrogen (secondary N) is 1. The van der Waals surface area contributed by atoms with Crippen molar-refractivity contribution in [2.45, 2.75) is 32.1 Å². The Morgan fingerprint density at radius 3 is 2.54 bits per heavy atom. The van der Waals surface area contributed by atoms with Gasteiger partial charge in [0.25, 0.3) is 0 Å². The van der Waals surface area contributed by atoms with Gasteiger partial charge >= 0.3 is 0 Å². The highest BCUT2D eigenvalue weighted by Gasteiger charge is 2.30. The summed E-state index contributed by atoms with van der Waals surface area (Å²) in [6.45, 7) is 1.78. The molecule has 0 aromatic heterocycles. The lowest BCUT2D eigenvalue weighted by Crippen LogP contribution is -2.39. The molecule has 0 saturated heterocycles. The van der Waals surface area contributed by atoms with Crippen LogP contribution in [-0.2, 0) is 0 Å². The monoisotopic (exact) mass is 181 g/mol. The first-order valence-electron chi connectivity index (χ1n) is 5.08. The predicted octanol–water partition coefficient (Wildman–Crippen LogP) is 1.15. The molecule has 1 aliphatic carbocycles. The van der Waals surface area contributed by atoms with Gasteiger partial charge < -0.3 is 10.4 Å². The topological polar surface area (TPSA) is 32.3 Å². The van der Waals surface area contributed by atoms with Crippen molar-refractivity contribution in [2.75, 3.05) is 19.7 Å². The fourth-order valence-electron chi connectivity index (χ4n) is 2.09. The van der Waals surface area contributed by atoms with Crippen LogP contribution >= 0.6 is 0 Å². The van der Waals surface area contributed by atoms with Crippen molar-refractivity contribution in [2.24, 2.45) is 5.41 Å². The molecule has 0 aliphatic heterocycles. The van der Waals surface area contributed by atoms with Gasteiger partial charge in [0.05, 0.1) is 6.54 Å². The minimum absolute atomic E-state index is 0.120. The number of aliphatic hydroxyl groups excluding tert-OH is 1. The lowest BCUT2D eigenvalue weighted by molar-refractivity contribution is 0.0825. The first kappa shape index (κ1) is 10.6. The average molecular weight is 181 g/mol. The molecule has 0 bridgehead atoms. The van der Waals surface area contributed by atoms with Crippen molar-refractivity contribution < 1.29 is 5.11 Å². The van der Waals surface area contributed by atoms with Crippen molar-refractivity contribution in [3.63, 3.8) is 0 Å². The summed E-state index contributed by atoms with van der Waals surface area (Å²) in [5.74, 6) is 2.56. The SMILES string of the molecule is C#CCNCC1(CO)CCCCC1. The molecule has 0 heterocycles. The van der Waals surface area contributed by atoms with Crippen LogP contribution in [0.3, 0.4) is 0 Å². The second kappa shape index (κ2) is 5.26. The van der Waals surface area contributed by atoms with E-state index in [4.69, 9.17) is 6.42 Å². The zero-order valence-electron chi connectivity index (χ0n) is 8.18. The van der Waals surface area contributed by atoms with E-state index in [1.165, 1.54) is 19.3 Å². The Hall–Kier alpha value is -0.520. The number of terminal acetylenes is 1. The summed E-state index contributed by atoms with van der Waals surface area (Å²) in [5, 5.41) is 12.5. The van der Waals surface area contributed by atoms with Crippen LogP contribution in [0, 0.1) is 17.8 Å². The Morgan fingerprint density at radius 2 is 2.00 bits per heavy atom. The molecule has 2 N–H and O–H groups in total. The lowest BCUT2D eigenvalue weighted by atomic mass is 9.74. The van der Waals surface area contributed by atoms with Crippen LogP contribution in [0.2, 0.25) is 0 Å². The average Bonchev–Trinajstić information content (AvgIpc) is 2.20. The second-order valence-electron chi connectivity index (χ2n) is 4.03. The lowest BCUT2D eigenvalue weighted by Gasteiger charge is -2.35. The van der Waals surface area contributed by atoms with Crippen LogP contribution in [-0.4, -0.2) is 24.8 Å². The molecular weight excluding hydrogens is 162 g/mol. The van der Waals surface area contributed by atoms with E-state index in [2.05, 4.69) is 11.2 Å². The summed E-state index contributed by atoms with van der Waals surface area (Å²) in [7, 11) is 0. The maximum atomic E-state index is 9.35. The zero-order valence-corrected chi connectivity index (χ0v) is 8.18. The van der Waals surface area contributed by atoms with Gasteiger partial charge in [-0.15, -0.1) is 6.42 Å². The van der Waals surface area contributed by atoms with Crippen LogP contribution in [0.15, 0.2) is 0 Å². The third-order valence-corrected chi connectivity index (χ3v) is 2.98. The molecule has 0 atom stereocenters. The van der Waals surface area contributed by atoms with Gasteiger partial charge in [0.1, 0.15) is 0 Å². The Balaban J connectivity index is 2.34. The first-order valence-corrected chi connectivity index (χ1v) is 5.08. The van der Waals surface area contributed by atoms with Gasteiger partial charge in [-0.1, -0.05) is 25.2 Å². The van der Waals surface area contributed by atoms with Gasteiger partial charge in [0.15, 0.2) is 0 Å². The molecule has 0 spiro atoms. The largest absolute Gasteiger partial charge is 0.396 e. The van der Waals surface area contributed by atoms with Crippen LogP contribution < -0.4 is 5.32 Å². The normalized spacial score (nSPS) is 20.9. The fourth-order valence-corrected chi connectivity index (χ4v) is 2.09. The summed E-state index contributed by atoms with van der Waals surface area (Å²) in [4.78, 5) is 0. The molecule has 1 fully saturated rings. The van der Waals surface area contributed by atoms with E-state index >= 15 is 0 Å². The Kier molecular flexibility index (Phi) is 4.27. The molecule has 13 heavy (non-hydrogen) atoms. The van der Waals surface area contributed by atoms with Crippen molar-refractivity contribution in [1.29, 1.82) is 0 Å². The van der Waals surface area contributed by atoms with Gasteiger partial charge in [0.2, 0.25) is 0 Å². The summed E-state index contributed by atoms with van der Waals surface area (Å²) in [5.41, 5.74) is 0.120. The maximum Gasteiger partial charge on any atom is 0.0574 e. The number of aliphatic hydroxyl groups is 1. The van der Waals surface area contributed by atoms with E-state index < -0.39 is 0 Å². The van der Waals surface area contributed by atoms with E-state index in [9.17, 15) is 5.11 Å². The highest BCUT2D eigenvalue weighted by molar-refractivity contribution is 4.90. The van der Waals surface area contributed by atoms with E-state index in [1.54, 1.807) is 0 Å².